The van der Waals surface area contributed by atoms with E-state index < -0.39 is 12.2 Å². The van der Waals surface area contributed by atoms with E-state index in [0.717, 1.165) is 10.7 Å². The first-order valence-electron chi connectivity index (χ1n) is 11.3. The summed E-state index contributed by atoms with van der Waals surface area (Å²) in [5, 5.41) is 0. The summed E-state index contributed by atoms with van der Waals surface area (Å²) in [7, 11) is 1.88. The minimum atomic E-state index is -2.77. The van der Waals surface area contributed by atoms with E-state index in [2.05, 4.69) is 19.9 Å². The largest absolute Gasteiger partial charge is 0.475 e. The lowest BCUT2D eigenvalue weighted by atomic mass is 9.99. The standard InChI is InChI=1S/C26H25F3N6OS/c1-15-12-17(13-20(32-15)24(28)29)22-23(16-4-6-18(27)7-5-16)33-26(30)34-25(22)36-11-10-35(2)21-9-8-19(37-3)14-31-21/h4-9,12-14,24H,10-11H2,1-3H3,(H2,30,33,34). The highest BCUT2D eigenvalue weighted by Crippen LogP contribution is 2.39. The number of benzene rings is 1. The summed E-state index contributed by atoms with van der Waals surface area (Å²) in [5.41, 5.74) is 7.61. The third-order valence-corrected chi connectivity index (χ3v) is 6.22. The van der Waals surface area contributed by atoms with Crippen molar-refractivity contribution in [2.45, 2.75) is 18.2 Å². The van der Waals surface area contributed by atoms with Crippen molar-refractivity contribution < 1.29 is 17.9 Å². The second-order valence-corrected chi connectivity index (χ2v) is 9.05. The van der Waals surface area contributed by atoms with Crippen LogP contribution < -0.4 is 15.4 Å². The third-order valence-electron chi connectivity index (χ3n) is 5.51. The number of nitrogen functional groups attached to an aromatic ring is 1. The smallest absolute Gasteiger partial charge is 0.280 e. The fourth-order valence-corrected chi connectivity index (χ4v) is 4.06. The Hall–Kier alpha value is -3.86. The van der Waals surface area contributed by atoms with E-state index in [4.69, 9.17) is 10.5 Å². The number of thioether (sulfide) groups is 1. The number of nitrogens with zero attached hydrogens (tertiary/aromatic N) is 5. The van der Waals surface area contributed by atoms with Crippen LogP contribution >= 0.6 is 11.8 Å². The van der Waals surface area contributed by atoms with Crippen molar-refractivity contribution in [1.82, 2.24) is 19.9 Å². The average Bonchev–Trinajstić information content (AvgIpc) is 2.88. The molecule has 0 unspecified atom stereocenters. The number of aryl methyl sites for hydroxylation is 1. The molecule has 0 aliphatic rings. The molecule has 0 spiro atoms. The number of nitrogens with two attached hydrogens (primary N) is 1. The Labute approximate surface area is 217 Å². The van der Waals surface area contributed by atoms with Gasteiger partial charge in [-0.1, -0.05) is 0 Å². The molecule has 0 amide bonds. The SMILES string of the molecule is CSc1ccc(N(C)CCOc2nc(N)nc(-c3ccc(F)cc3)c2-c2cc(C)nc(C(F)F)c2)nc1. The lowest BCUT2D eigenvalue weighted by Crippen LogP contribution is -2.25. The van der Waals surface area contributed by atoms with E-state index in [1.807, 2.05) is 30.3 Å². The number of alkyl halides is 2. The second kappa shape index (κ2) is 11.5. The molecule has 3 heterocycles. The molecule has 0 fully saturated rings. The summed E-state index contributed by atoms with van der Waals surface area (Å²) in [6, 6.07) is 12.4. The van der Waals surface area contributed by atoms with Gasteiger partial charge in [0.1, 0.15) is 23.9 Å². The summed E-state index contributed by atoms with van der Waals surface area (Å²) in [5.74, 6) is 0.394. The number of ether oxygens (including phenoxy) is 1. The Morgan fingerprint density at radius 3 is 2.43 bits per heavy atom. The lowest BCUT2D eigenvalue weighted by molar-refractivity contribution is 0.146. The summed E-state index contributed by atoms with van der Waals surface area (Å²) < 4.78 is 46.8. The highest BCUT2D eigenvalue weighted by molar-refractivity contribution is 7.98. The van der Waals surface area contributed by atoms with E-state index in [1.165, 1.54) is 30.3 Å². The van der Waals surface area contributed by atoms with Crippen LogP contribution in [0.4, 0.5) is 24.9 Å². The monoisotopic (exact) mass is 526 g/mol. The lowest BCUT2D eigenvalue weighted by Gasteiger charge is -2.20. The van der Waals surface area contributed by atoms with Crippen LogP contribution in [0, 0.1) is 12.7 Å². The van der Waals surface area contributed by atoms with Gasteiger partial charge < -0.3 is 15.4 Å². The topological polar surface area (TPSA) is 90.0 Å². The van der Waals surface area contributed by atoms with Crippen molar-refractivity contribution in [2.24, 2.45) is 0 Å². The maximum atomic E-state index is 13.6. The Balaban J connectivity index is 1.71. The minimum Gasteiger partial charge on any atom is -0.475 e. The predicted octanol–water partition coefficient (Wildman–Crippen LogP) is 5.81. The summed E-state index contributed by atoms with van der Waals surface area (Å²) >= 11 is 1.61. The highest BCUT2D eigenvalue weighted by atomic mass is 32.2. The molecule has 3 aromatic heterocycles. The molecule has 192 valence electrons. The van der Waals surface area contributed by atoms with Gasteiger partial charge in [0.25, 0.3) is 6.43 Å². The Morgan fingerprint density at radius 2 is 1.78 bits per heavy atom. The summed E-state index contributed by atoms with van der Waals surface area (Å²) in [6.07, 6.45) is 1.00. The van der Waals surface area contributed by atoms with Crippen LogP contribution in [-0.4, -0.2) is 46.4 Å². The Morgan fingerprint density at radius 1 is 1.03 bits per heavy atom. The number of pyridine rings is 2. The molecule has 0 aliphatic heterocycles. The molecule has 0 radical (unpaired) electrons. The van der Waals surface area contributed by atoms with Gasteiger partial charge in [-0.3, -0.25) is 4.98 Å². The quantitative estimate of drug-likeness (QED) is 0.274. The first-order valence-corrected chi connectivity index (χ1v) is 12.5. The van der Waals surface area contributed by atoms with Crippen molar-refractivity contribution in [1.29, 1.82) is 0 Å². The van der Waals surface area contributed by atoms with Crippen LogP contribution in [0.5, 0.6) is 5.88 Å². The summed E-state index contributed by atoms with van der Waals surface area (Å²) in [4.78, 5) is 20.0. The van der Waals surface area contributed by atoms with E-state index in [-0.39, 0.29) is 24.1 Å². The predicted molar refractivity (Wildman–Crippen MR) is 140 cm³/mol. The molecule has 7 nitrogen and oxygen atoms in total. The molecular weight excluding hydrogens is 501 g/mol. The number of aromatic nitrogens is 4. The highest BCUT2D eigenvalue weighted by Gasteiger charge is 2.21. The van der Waals surface area contributed by atoms with Crippen molar-refractivity contribution in [3.8, 4) is 28.3 Å². The fourth-order valence-electron chi connectivity index (χ4n) is 3.70. The van der Waals surface area contributed by atoms with Crippen molar-refractivity contribution in [3.63, 3.8) is 0 Å². The molecule has 4 rings (SSSR count). The van der Waals surface area contributed by atoms with Crippen molar-refractivity contribution in [3.05, 3.63) is 71.9 Å². The number of halogens is 3. The zero-order valence-electron chi connectivity index (χ0n) is 20.5. The van der Waals surface area contributed by atoms with Gasteiger partial charge in [-0.25, -0.2) is 23.1 Å². The number of likely N-dealkylation sites (N-methyl/N-ethyl adjacent to an activating group) is 1. The first-order chi connectivity index (χ1) is 17.7. The summed E-state index contributed by atoms with van der Waals surface area (Å²) in [6.45, 7) is 2.27. The van der Waals surface area contributed by atoms with Crippen LogP contribution in [-0.2, 0) is 0 Å². The molecular formula is C26H25F3N6OS. The maximum absolute atomic E-state index is 13.6. The third kappa shape index (κ3) is 6.29. The number of anilines is 2. The normalized spacial score (nSPS) is 11.1. The zero-order valence-corrected chi connectivity index (χ0v) is 21.3. The van der Waals surface area contributed by atoms with Crippen LogP contribution in [0.1, 0.15) is 17.8 Å². The average molecular weight is 527 g/mol. The van der Waals surface area contributed by atoms with Gasteiger partial charge in [0.2, 0.25) is 11.8 Å². The zero-order chi connectivity index (χ0) is 26.5. The fraction of sp³-hybridized carbons (Fsp3) is 0.231. The number of rotatable bonds is 9. The number of hydrogen-bond donors (Lipinski definition) is 1. The van der Waals surface area contributed by atoms with Gasteiger partial charge in [-0.05, 0) is 67.3 Å². The van der Waals surface area contributed by atoms with E-state index in [9.17, 15) is 13.2 Å². The molecule has 11 heteroatoms. The molecule has 0 aliphatic carbocycles. The van der Waals surface area contributed by atoms with E-state index >= 15 is 0 Å². The molecule has 4 aromatic rings. The van der Waals surface area contributed by atoms with Crippen LogP contribution in [0.2, 0.25) is 0 Å². The minimum absolute atomic E-state index is 0.0689. The second-order valence-electron chi connectivity index (χ2n) is 8.17. The molecule has 2 N–H and O–H groups in total. The first kappa shape index (κ1) is 26.2. The van der Waals surface area contributed by atoms with Gasteiger partial charge in [0.15, 0.2) is 0 Å². The van der Waals surface area contributed by atoms with Crippen LogP contribution in [0.15, 0.2) is 59.6 Å². The molecule has 0 atom stereocenters. The van der Waals surface area contributed by atoms with Gasteiger partial charge in [0, 0.05) is 29.4 Å². The molecule has 0 bridgehead atoms. The van der Waals surface area contributed by atoms with E-state index in [0.29, 0.717) is 34.6 Å². The van der Waals surface area contributed by atoms with Crippen molar-refractivity contribution >= 4 is 23.5 Å². The van der Waals surface area contributed by atoms with Gasteiger partial charge in [-0.2, -0.15) is 4.98 Å². The van der Waals surface area contributed by atoms with Gasteiger partial charge in [-0.15, -0.1) is 11.8 Å². The van der Waals surface area contributed by atoms with E-state index in [1.54, 1.807) is 30.9 Å². The number of hydrogen-bond acceptors (Lipinski definition) is 8. The Kier molecular flexibility index (Phi) is 8.12. The van der Waals surface area contributed by atoms with Crippen LogP contribution in [0.3, 0.4) is 0 Å². The maximum Gasteiger partial charge on any atom is 0.280 e. The van der Waals surface area contributed by atoms with Gasteiger partial charge in [0.05, 0.1) is 17.8 Å². The van der Waals surface area contributed by atoms with Crippen molar-refractivity contribution in [2.75, 3.05) is 37.1 Å². The molecule has 37 heavy (non-hydrogen) atoms. The van der Waals surface area contributed by atoms with Gasteiger partial charge >= 0.3 is 0 Å². The molecule has 0 saturated carbocycles. The molecule has 1 aromatic carbocycles. The molecule has 0 saturated heterocycles. The Bertz CT molecular complexity index is 1370. The van der Waals surface area contributed by atoms with Crippen LogP contribution in [0.25, 0.3) is 22.4 Å².